The molecule has 1 fully saturated rings. The van der Waals surface area contributed by atoms with Gasteiger partial charge in [-0.3, -0.25) is 9.59 Å². The molecule has 0 aliphatic carbocycles. The van der Waals surface area contributed by atoms with E-state index in [4.69, 9.17) is 32.7 Å². The predicted molar refractivity (Wildman–Crippen MR) is 129 cm³/mol. The maximum Gasteiger partial charge on any atom is 0.298 e. The largest absolute Gasteiger partial charge is 0.493 e. The number of amides is 2. The quantitative estimate of drug-likeness (QED) is 0.340. The van der Waals surface area contributed by atoms with Crippen LogP contribution in [0.25, 0.3) is 6.08 Å². The Morgan fingerprint density at radius 2 is 1.76 bits per heavy atom. The lowest BCUT2D eigenvalue weighted by Gasteiger charge is -2.14. The van der Waals surface area contributed by atoms with Gasteiger partial charge in [0.25, 0.3) is 11.1 Å². The Balaban J connectivity index is 1.59. The van der Waals surface area contributed by atoms with E-state index >= 15 is 0 Å². The molecule has 1 aliphatic heterocycles. The summed E-state index contributed by atoms with van der Waals surface area (Å²) in [7, 11) is 1.46. The summed E-state index contributed by atoms with van der Waals surface area (Å²) < 4.78 is 24.3. The van der Waals surface area contributed by atoms with Crippen LogP contribution in [0.5, 0.6) is 11.5 Å². The molecule has 0 N–H and O–H groups in total. The highest BCUT2D eigenvalue weighted by molar-refractivity contribution is 8.19. The van der Waals surface area contributed by atoms with Gasteiger partial charge in [-0.2, -0.15) is 0 Å². The van der Waals surface area contributed by atoms with Gasteiger partial charge in [-0.15, -0.1) is 0 Å². The highest BCUT2D eigenvalue weighted by Gasteiger charge is 2.37. The van der Waals surface area contributed by atoms with Crippen LogP contribution in [0.4, 0.5) is 14.9 Å². The van der Waals surface area contributed by atoms with Gasteiger partial charge >= 0.3 is 0 Å². The van der Waals surface area contributed by atoms with Crippen LogP contribution in [-0.2, 0) is 11.4 Å². The molecule has 4 rings (SSSR count). The van der Waals surface area contributed by atoms with Gasteiger partial charge in [0.1, 0.15) is 12.4 Å². The Morgan fingerprint density at radius 1 is 1.03 bits per heavy atom. The topological polar surface area (TPSA) is 55.8 Å². The smallest absolute Gasteiger partial charge is 0.298 e. The third-order valence-electron chi connectivity index (χ3n) is 4.73. The standard InChI is InChI=1S/C24H16Cl2FNO4S/c1-31-20-11-15(10-18(26)22(20)32-13-14-6-8-16(27)9-7-14)12-21-23(29)28(24(30)33-21)19-5-3-2-4-17(19)25/h2-12H,13H2,1H3/b21-12-. The van der Waals surface area contributed by atoms with Crippen LogP contribution in [0.3, 0.4) is 0 Å². The SMILES string of the molecule is COc1cc(/C=C2\SC(=O)N(c3ccccc3Cl)C2=O)cc(Cl)c1OCc1ccc(F)cc1. The van der Waals surface area contributed by atoms with Crippen LogP contribution in [0.1, 0.15) is 11.1 Å². The first-order valence-electron chi connectivity index (χ1n) is 9.64. The average Bonchev–Trinajstić information content (AvgIpc) is 3.07. The third-order valence-corrected chi connectivity index (χ3v) is 6.20. The highest BCUT2D eigenvalue weighted by atomic mass is 35.5. The van der Waals surface area contributed by atoms with Crippen molar-refractivity contribution in [2.24, 2.45) is 0 Å². The molecule has 0 radical (unpaired) electrons. The number of benzene rings is 3. The molecule has 0 saturated carbocycles. The van der Waals surface area contributed by atoms with Crippen LogP contribution in [-0.4, -0.2) is 18.3 Å². The van der Waals surface area contributed by atoms with Gasteiger partial charge in [-0.1, -0.05) is 47.5 Å². The zero-order valence-corrected chi connectivity index (χ0v) is 19.5. The fourth-order valence-corrected chi connectivity index (χ4v) is 4.49. The summed E-state index contributed by atoms with van der Waals surface area (Å²) in [5.74, 6) is -0.159. The number of ether oxygens (including phenoxy) is 2. The number of nitrogens with zero attached hydrogens (tertiary/aromatic N) is 1. The van der Waals surface area contributed by atoms with E-state index in [1.807, 2.05) is 0 Å². The zero-order chi connectivity index (χ0) is 23.5. The van der Waals surface area contributed by atoms with Crippen LogP contribution in [0.2, 0.25) is 10.0 Å². The van der Waals surface area contributed by atoms with E-state index in [0.29, 0.717) is 27.8 Å². The summed E-state index contributed by atoms with van der Waals surface area (Å²) in [6, 6.07) is 15.8. The minimum absolute atomic E-state index is 0.159. The van der Waals surface area contributed by atoms with Crippen LogP contribution in [0.15, 0.2) is 65.6 Å². The van der Waals surface area contributed by atoms with Crippen molar-refractivity contribution in [2.75, 3.05) is 12.0 Å². The first-order valence-corrected chi connectivity index (χ1v) is 11.2. The molecular formula is C24H16Cl2FNO4S. The predicted octanol–water partition coefficient (Wildman–Crippen LogP) is 6.96. The molecule has 3 aromatic rings. The van der Waals surface area contributed by atoms with Crippen LogP contribution in [0, 0.1) is 5.82 Å². The van der Waals surface area contributed by atoms with E-state index in [-0.39, 0.29) is 22.4 Å². The Kier molecular flexibility index (Phi) is 6.93. The second kappa shape index (κ2) is 9.87. The number of carbonyl (C=O) groups is 2. The van der Waals surface area contributed by atoms with Crippen molar-refractivity contribution < 1.29 is 23.5 Å². The number of carbonyl (C=O) groups excluding carboxylic acids is 2. The van der Waals surface area contributed by atoms with Gasteiger partial charge in [0.2, 0.25) is 0 Å². The van der Waals surface area contributed by atoms with Gasteiger partial charge in [0.15, 0.2) is 11.5 Å². The third kappa shape index (κ3) is 5.00. The van der Waals surface area contributed by atoms with Gasteiger partial charge < -0.3 is 9.47 Å². The Bertz CT molecular complexity index is 1260. The molecule has 0 atom stereocenters. The number of hydrogen-bond donors (Lipinski definition) is 0. The van der Waals surface area contributed by atoms with Crippen molar-refractivity contribution in [1.29, 1.82) is 0 Å². The number of thioether (sulfide) groups is 1. The van der Waals surface area contributed by atoms with Crippen molar-refractivity contribution >= 4 is 57.9 Å². The van der Waals surface area contributed by atoms with E-state index in [0.717, 1.165) is 22.2 Å². The van der Waals surface area contributed by atoms with Crippen molar-refractivity contribution in [1.82, 2.24) is 0 Å². The Labute approximate surface area is 203 Å². The Hall–Kier alpha value is -3.00. The average molecular weight is 504 g/mol. The first kappa shape index (κ1) is 23.2. The molecule has 0 unspecified atom stereocenters. The number of anilines is 1. The van der Waals surface area contributed by atoms with Crippen molar-refractivity contribution in [3.8, 4) is 11.5 Å². The monoisotopic (exact) mass is 503 g/mol. The van der Waals surface area contributed by atoms with Crippen molar-refractivity contribution in [3.63, 3.8) is 0 Å². The first-order chi connectivity index (χ1) is 15.9. The lowest BCUT2D eigenvalue weighted by atomic mass is 10.1. The van der Waals surface area contributed by atoms with E-state index in [1.54, 1.807) is 54.6 Å². The second-order valence-electron chi connectivity index (χ2n) is 6.92. The number of methoxy groups -OCH3 is 1. The molecule has 0 aromatic heterocycles. The van der Waals surface area contributed by atoms with Crippen LogP contribution >= 0.6 is 35.0 Å². The maximum absolute atomic E-state index is 13.1. The fourth-order valence-electron chi connectivity index (χ4n) is 3.16. The van der Waals surface area contributed by atoms with Gasteiger partial charge in [0, 0.05) is 0 Å². The Morgan fingerprint density at radius 3 is 2.45 bits per heavy atom. The molecule has 5 nitrogen and oxygen atoms in total. The number of rotatable bonds is 6. The summed E-state index contributed by atoms with van der Waals surface area (Å²) in [4.78, 5) is 26.7. The lowest BCUT2D eigenvalue weighted by Crippen LogP contribution is -2.27. The maximum atomic E-state index is 13.1. The number of halogens is 3. The summed E-state index contributed by atoms with van der Waals surface area (Å²) in [5.41, 5.74) is 1.63. The van der Waals surface area contributed by atoms with Gasteiger partial charge in [0.05, 0.1) is 27.7 Å². The van der Waals surface area contributed by atoms with E-state index < -0.39 is 11.1 Å². The van der Waals surface area contributed by atoms with E-state index in [9.17, 15) is 14.0 Å². The van der Waals surface area contributed by atoms with Crippen molar-refractivity contribution in [3.05, 3.63) is 92.6 Å². The summed E-state index contributed by atoms with van der Waals surface area (Å²) in [5, 5.41) is 0.109. The molecule has 1 saturated heterocycles. The molecule has 1 aliphatic rings. The fraction of sp³-hybridized carbons (Fsp3) is 0.0833. The van der Waals surface area contributed by atoms with Gasteiger partial charge in [-0.05, 0) is 65.4 Å². The van der Waals surface area contributed by atoms with E-state index in [2.05, 4.69) is 0 Å². The molecule has 33 heavy (non-hydrogen) atoms. The van der Waals surface area contributed by atoms with Crippen molar-refractivity contribution in [2.45, 2.75) is 6.61 Å². The number of imide groups is 1. The molecule has 1 heterocycles. The van der Waals surface area contributed by atoms with E-state index in [1.165, 1.54) is 19.2 Å². The highest BCUT2D eigenvalue weighted by Crippen LogP contribution is 2.41. The summed E-state index contributed by atoms with van der Waals surface area (Å²) in [6.07, 6.45) is 1.56. The molecular weight excluding hydrogens is 488 g/mol. The molecule has 3 aromatic carbocycles. The van der Waals surface area contributed by atoms with Gasteiger partial charge in [-0.25, -0.2) is 9.29 Å². The molecule has 0 bridgehead atoms. The zero-order valence-electron chi connectivity index (χ0n) is 17.2. The number of hydrogen-bond acceptors (Lipinski definition) is 5. The minimum Gasteiger partial charge on any atom is -0.493 e. The minimum atomic E-state index is -0.482. The molecule has 168 valence electrons. The summed E-state index contributed by atoms with van der Waals surface area (Å²) in [6.45, 7) is 0.159. The molecule has 2 amide bonds. The van der Waals surface area contributed by atoms with Crippen LogP contribution < -0.4 is 14.4 Å². The summed E-state index contributed by atoms with van der Waals surface area (Å²) >= 11 is 13.4. The molecule has 9 heteroatoms. The lowest BCUT2D eigenvalue weighted by molar-refractivity contribution is -0.113. The normalized spacial score (nSPS) is 14.8. The molecule has 0 spiro atoms. The second-order valence-corrected chi connectivity index (χ2v) is 8.73. The number of para-hydroxylation sites is 1.